The molecule has 0 fully saturated rings. The van der Waals surface area contributed by atoms with Gasteiger partial charge in [0, 0.05) is 17.0 Å². The van der Waals surface area contributed by atoms with Gasteiger partial charge in [0.1, 0.15) is 5.75 Å². The molecule has 1 aliphatic heterocycles. The van der Waals surface area contributed by atoms with Crippen molar-refractivity contribution in [2.45, 2.75) is 45.4 Å². The van der Waals surface area contributed by atoms with E-state index in [0.29, 0.717) is 5.56 Å². The van der Waals surface area contributed by atoms with Crippen LogP contribution in [-0.2, 0) is 10.2 Å². The van der Waals surface area contributed by atoms with Gasteiger partial charge < -0.3 is 10.4 Å². The average Bonchev–Trinajstić information content (AvgIpc) is 2.59. The Morgan fingerprint density at radius 1 is 1.53 bits per heavy atom. The van der Waals surface area contributed by atoms with E-state index in [1.807, 2.05) is 32.9 Å². The summed E-state index contributed by atoms with van der Waals surface area (Å²) in [5, 5.41) is 13.5. The van der Waals surface area contributed by atoms with Crippen molar-refractivity contribution in [1.82, 2.24) is 0 Å². The van der Waals surface area contributed by atoms with E-state index < -0.39 is 5.41 Å². The average molecular weight is 259 g/mol. The number of amides is 1. The minimum absolute atomic E-state index is 0.0651. The number of nitrogens with one attached hydrogen (secondary N) is 1. The van der Waals surface area contributed by atoms with Crippen molar-refractivity contribution in [1.29, 1.82) is 0 Å². The van der Waals surface area contributed by atoms with Crippen LogP contribution in [0.3, 0.4) is 0 Å². The maximum absolute atomic E-state index is 12.0. The molecule has 1 aromatic carbocycles. The number of benzene rings is 1. The molecule has 1 atom stereocenters. The van der Waals surface area contributed by atoms with Gasteiger partial charge in [-0.25, -0.2) is 0 Å². The molecule has 0 aromatic heterocycles. The lowest BCUT2D eigenvalue weighted by molar-refractivity contribution is -0.119. The van der Waals surface area contributed by atoms with E-state index in [-0.39, 0.29) is 17.6 Å². The maximum Gasteiger partial charge on any atom is 0.234 e. The molecule has 2 N–H and O–H groups in total. The zero-order valence-corrected chi connectivity index (χ0v) is 12.0. The minimum atomic E-state index is -0.695. The van der Waals surface area contributed by atoms with Crippen LogP contribution in [0.5, 0.6) is 5.75 Å². The molecule has 1 heterocycles. The van der Waals surface area contributed by atoms with E-state index in [1.165, 1.54) is 0 Å². The smallest absolute Gasteiger partial charge is 0.234 e. The summed E-state index contributed by atoms with van der Waals surface area (Å²) in [6, 6.07) is 1.95. The highest BCUT2D eigenvalue weighted by atomic mass is 16.3. The van der Waals surface area contributed by atoms with Crippen molar-refractivity contribution in [2.75, 3.05) is 5.32 Å². The largest absolute Gasteiger partial charge is 0.507 e. The van der Waals surface area contributed by atoms with E-state index in [4.69, 9.17) is 0 Å². The molecule has 0 radical (unpaired) electrons. The molecule has 3 nitrogen and oxygen atoms in total. The molecule has 19 heavy (non-hydrogen) atoms. The van der Waals surface area contributed by atoms with Crippen LogP contribution in [0.25, 0.3) is 0 Å². The Morgan fingerprint density at radius 3 is 2.68 bits per heavy atom. The number of rotatable bonds is 3. The Kier molecular flexibility index (Phi) is 3.17. The zero-order valence-electron chi connectivity index (χ0n) is 12.0. The van der Waals surface area contributed by atoms with Crippen LogP contribution in [0.2, 0.25) is 0 Å². The fourth-order valence-corrected chi connectivity index (χ4v) is 2.78. The van der Waals surface area contributed by atoms with Crippen molar-refractivity contribution in [3.8, 4) is 5.75 Å². The standard InChI is InChI=1S/C16H21NO2/c1-6-10(7-2)11-8-9(3)13-12(14(11)18)16(4,5)15(19)17-13/h6,8,10,18H,1,7H2,2-5H3,(H,17,19). The molecule has 2 rings (SSSR count). The molecular weight excluding hydrogens is 238 g/mol. The van der Waals surface area contributed by atoms with Crippen LogP contribution in [0, 0.1) is 6.92 Å². The number of allylic oxidation sites excluding steroid dienone is 1. The Morgan fingerprint density at radius 2 is 2.16 bits per heavy atom. The van der Waals surface area contributed by atoms with Gasteiger partial charge in [0.25, 0.3) is 0 Å². The summed E-state index contributed by atoms with van der Waals surface area (Å²) in [6.07, 6.45) is 2.72. The van der Waals surface area contributed by atoms with Crippen molar-refractivity contribution in [2.24, 2.45) is 0 Å². The van der Waals surface area contributed by atoms with E-state index in [0.717, 1.165) is 23.2 Å². The fraction of sp³-hybridized carbons (Fsp3) is 0.438. The minimum Gasteiger partial charge on any atom is -0.507 e. The molecule has 0 saturated heterocycles. The summed E-state index contributed by atoms with van der Waals surface area (Å²) >= 11 is 0. The third-order valence-corrected chi connectivity index (χ3v) is 4.08. The van der Waals surface area contributed by atoms with E-state index in [9.17, 15) is 9.90 Å². The molecule has 1 unspecified atom stereocenters. The monoisotopic (exact) mass is 259 g/mol. The molecule has 102 valence electrons. The molecular formula is C16H21NO2. The van der Waals surface area contributed by atoms with Gasteiger partial charge >= 0.3 is 0 Å². The first-order valence-corrected chi connectivity index (χ1v) is 6.65. The normalized spacial score (nSPS) is 17.8. The highest BCUT2D eigenvalue weighted by Crippen LogP contribution is 2.48. The van der Waals surface area contributed by atoms with Crippen molar-refractivity contribution < 1.29 is 9.90 Å². The van der Waals surface area contributed by atoms with Gasteiger partial charge in [0.05, 0.1) is 11.1 Å². The van der Waals surface area contributed by atoms with Gasteiger partial charge in [-0.3, -0.25) is 4.79 Å². The van der Waals surface area contributed by atoms with Crippen LogP contribution in [0.1, 0.15) is 49.8 Å². The second-order valence-electron chi connectivity index (χ2n) is 5.71. The van der Waals surface area contributed by atoms with Gasteiger partial charge in [-0.15, -0.1) is 6.58 Å². The number of hydrogen-bond donors (Lipinski definition) is 2. The first kappa shape index (κ1) is 13.7. The molecule has 0 saturated carbocycles. The highest BCUT2D eigenvalue weighted by Gasteiger charge is 2.42. The SMILES string of the molecule is C=CC(CC)c1cc(C)c2c(c1O)C(C)(C)C(=O)N2. The third-order valence-electron chi connectivity index (χ3n) is 4.08. The quantitative estimate of drug-likeness (QED) is 0.815. The van der Waals surface area contributed by atoms with Crippen LogP contribution in [0.4, 0.5) is 5.69 Å². The van der Waals surface area contributed by atoms with Crippen LogP contribution < -0.4 is 5.32 Å². The summed E-state index contributed by atoms with van der Waals surface area (Å²) in [6.45, 7) is 11.5. The summed E-state index contributed by atoms with van der Waals surface area (Å²) in [4.78, 5) is 12.0. The predicted octanol–water partition coefficient (Wildman–Crippen LogP) is 3.61. The molecule has 1 aromatic rings. The van der Waals surface area contributed by atoms with Gasteiger partial charge in [-0.05, 0) is 38.8 Å². The number of aryl methyl sites for hydroxylation is 1. The Labute approximate surface area is 114 Å². The van der Waals surface area contributed by atoms with Crippen molar-refractivity contribution in [3.63, 3.8) is 0 Å². The fourth-order valence-electron chi connectivity index (χ4n) is 2.78. The molecule has 0 aliphatic carbocycles. The molecule has 1 amide bonds. The molecule has 1 aliphatic rings. The number of carbonyl (C=O) groups is 1. The van der Waals surface area contributed by atoms with Gasteiger partial charge in [0.2, 0.25) is 5.91 Å². The molecule has 0 bridgehead atoms. The van der Waals surface area contributed by atoms with Gasteiger partial charge in [-0.1, -0.05) is 13.0 Å². The lowest BCUT2D eigenvalue weighted by Gasteiger charge is -2.21. The van der Waals surface area contributed by atoms with Crippen molar-refractivity contribution in [3.05, 3.63) is 35.4 Å². The third kappa shape index (κ3) is 1.84. The Bertz CT molecular complexity index is 558. The number of phenolic OH excluding ortho intramolecular Hbond substituents is 1. The summed E-state index contributed by atoms with van der Waals surface area (Å²) in [5.41, 5.74) is 2.63. The number of aromatic hydroxyl groups is 1. The van der Waals surface area contributed by atoms with Gasteiger partial charge in [-0.2, -0.15) is 0 Å². The van der Waals surface area contributed by atoms with Crippen molar-refractivity contribution >= 4 is 11.6 Å². The topological polar surface area (TPSA) is 49.3 Å². The second kappa shape index (κ2) is 4.41. The second-order valence-corrected chi connectivity index (χ2v) is 5.71. The summed E-state index contributed by atoms with van der Waals surface area (Å²) in [5.74, 6) is 0.274. The number of hydrogen-bond acceptors (Lipinski definition) is 2. The number of anilines is 1. The zero-order chi connectivity index (χ0) is 14.4. The maximum atomic E-state index is 12.0. The Balaban J connectivity index is 2.72. The molecule has 3 heteroatoms. The van der Waals surface area contributed by atoms with Crippen LogP contribution >= 0.6 is 0 Å². The lowest BCUT2D eigenvalue weighted by atomic mass is 9.81. The van der Waals surface area contributed by atoms with Crippen LogP contribution in [0.15, 0.2) is 18.7 Å². The van der Waals surface area contributed by atoms with Crippen LogP contribution in [-0.4, -0.2) is 11.0 Å². The number of carbonyl (C=O) groups excluding carboxylic acids is 1. The van der Waals surface area contributed by atoms with E-state index in [2.05, 4.69) is 18.8 Å². The van der Waals surface area contributed by atoms with E-state index >= 15 is 0 Å². The Hall–Kier alpha value is -1.77. The first-order valence-electron chi connectivity index (χ1n) is 6.65. The lowest BCUT2D eigenvalue weighted by Crippen LogP contribution is -2.27. The molecule has 0 spiro atoms. The number of fused-ring (bicyclic) bond motifs is 1. The number of phenols is 1. The summed E-state index contributed by atoms with van der Waals surface area (Å²) in [7, 11) is 0. The van der Waals surface area contributed by atoms with Gasteiger partial charge in [0.15, 0.2) is 0 Å². The first-order chi connectivity index (χ1) is 8.84. The predicted molar refractivity (Wildman–Crippen MR) is 77.7 cm³/mol. The van der Waals surface area contributed by atoms with E-state index in [1.54, 1.807) is 0 Å². The summed E-state index contributed by atoms with van der Waals surface area (Å²) < 4.78 is 0. The highest BCUT2D eigenvalue weighted by molar-refractivity contribution is 6.07.